The van der Waals surface area contributed by atoms with E-state index in [0.717, 1.165) is 5.56 Å². The van der Waals surface area contributed by atoms with Gasteiger partial charge in [0.1, 0.15) is 5.69 Å². The van der Waals surface area contributed by atoms with Crippen molar-refractivity contribution in [3.05, 3.63) is 23.5 Å². The first-order valence-electron chi connectivity index (χ1n) is 3.67. The maximum atomic E-state index is 10.6. The first-order valence-corrected chi connectivity index (χ1v) is 3.67. The number of rotatable bonds is 2. The molecule has 0 saturated carbocycles. The van der Waals surface area contributed by atoms with Crippen LogP contribution in [0.3, 0.4) is 0 Å². The van der Waals surface area contributed by atoms with Crippen LogP contribution in [0.15, 0.2) is 12.3 Å². The Hall–Kier alpha value is -1.29. The van der Waals surface area contributed by atoms with Gasteiger partial charge in [0.05, 0.1) is 0 Å². The van der Waals surface area contributed by atoms with Gasteiger partial charge in [-0.2, -0.15) is 0 Å². The quantitative estimate of drug-likeness (QED) is 0.684. The lowest BCUT2D eigenvalue weighted by molar-refractivity contribution is 0.0686. The lowest BCUT2D eigenvalue weighted by atomic mass is 10.2. The first kappa shape index (κ1) is 8.80. The van der Waals surface area contributed by atoms with E-state index in [4.69, 9.17) is 10.8 Å². The maximum Gasteiger partial charge on any atom is 0.352 e. The normalized spacial score (nSPS) is 12.9. The Kier molecular flexibility index (Phi) is 2.19. The molecule has 0 bridgehead atoms. The molecule has 0 spiro atoms. The van der Waals surface area contributed by atoms with E-state index in [1.165, 1.54) is 0 Å². The number of nitrogens with two attached hydrogens (primary N) is 1. The molecule has 0 aliphatic heterocycles. The van der Waals surface area contributed by atoms with Gasteiger partial charge in [-0.05, 0) is 18.6 Å². The molecule has 1 aromatic rings. The summed E-state index contributed by atoms with van der Waals surface area (Å²) in [5, 5.41) is 8.70. The Morgan fingerprint density at radius 2 is 2.33 bits per heavy atom. The van der Waals surface area contributed by atoms with Crippen LogP contribution in [0.2, 0.25) is 0 Å². The molecule has 66 valence electrons. The van der Waals surface area contributed by atoms with Gasteiger partial charge in [0.15, 0.2) is 0 Å². The summed E-state index contributed by atoms with van der Waals surface area (Å²) in [6, 6.07) is 1.47. The van der Waals surface area contributed by atoms with Gasteiger partial charge in [-0.25, -0.2) is 4.79 Å². The van der Waals surface area contributed by atoms with Crippen molar-refractivity contribution in [3.63, 3.8) is 0 Å². The minimum atomic E-state index is -0.926. The minimum absolute atomic E-state index is 0.121. The van der Waals surface area contributed by atoms with Crippen LogP contribution in [0.25, 0.3) is 0 Å². The molecule has 1 rings (SSSR count). The molecule has 4 nitrogen and oxygen atoms in total. The van der Waals surface area contributed by atoms with Crippen molar-refractivity contribution < 1.29 is 9.90 Å². The third-order valence-corrected chi connectivity index (χ3v) is 1.77. The smallest absolute Gasteiger partial charge is 0.352 e. The number of aryl methyl sites for hydroxylation is 1. The Labute approximate surface area is 70.6 Å². The van der Waals surface area contributed by atoms with Crippen molar-refractivity contribution in [2.45, 2.75) is 13.0 Å². The summed E-state index contributed by atoms with van der Waals surface area (Å²) in [4.78, 5) is 10.6. The number of carbonyl (C=O) groups is 1. The number of carboxylic acids is 1. The molecule has 4 heteroatoms. The average molecular weight is 168 g/mol. The minimum Gasteiger partial charge on any atom is -0.477 e. The molecule has 0 aliphatic carbocycles. The van der Waals surface area contributed by atoms with E-state index in [1.807, 2.05) is 6.92 Å². The zero-order valence-electron chi connectivity index (χ0n) is 7.11. The van der Waals surface area contributed by atoms with Crippen molar-refractivity contribution in [2.75, 3.05) is 0 Å². The zero-order chi connectivity index (χ0) is 9.30. The van der Waals surface area contributed by atoms with Crippen LogP contribution >= 0.6 is 0 Å². The highest BCUT2D eigenvalue weighted by molar-refractivity contribution is 5.86. The second-order valence-corrected chi connectivity index (χ2v) is 2.86. The van der Waals surface area contributed by atoms with Gasteiger partial charge in [-0.15, -0.1) is 0 Å². The van der Waals surface area contributed by atoms with E-state index >= 15 is 0 Å². The van der Waals surface area contributed by atoms with Crippen molar-refractivity contribution in [1.29, 1.82) is 0 Å². The summed E-state index contributed by atoms with van der Waals surface area (Å²) >= 11 is 0. The maximum absolute atomic E-state index is 10.6. The molecule has 3 N–H and O–H groups in total. The molecule has 0 radical (unpaired) electrons. The first-order chi connectivity index (χ1) is 5.52. The van der Waals surface area contributed by atoms with E-state index in [9.17, 15) is 4.79 Å². The number of nitrogens with zero attached hydrogens (tertiary/aromatic N) is 1. The van der Waals surface area contributed by atoms with Crippen LogP contribution < -0.4 is 5.73 Å². The van der Waals surface area contributed by atoms with Crippen molar-refractivity contribution in [2.24, 2.45) is 12.8 Å². The van der Waals surface area contributed by atoms with E-state index < -0.39 is 5.97 Å². The molecule has 1 atom stereocenters. The van der Waals surface area contributed by atoms with Gasteiger partial charge in [0, 0.05) is 19.3 Å². The summed E-state index contributed by atoms with van der Waals surface area (Å²) in [5.41, 5.74) is 6.70. The fourth-order valence-electron chi connectivity index (χ4n) is 1.05. The van der Waals surface area contributed by atoms with Gasteiger partial charge in [0.25, 0.3) is 0 Å². The Morgan fingerprint density at radius 1 is 1.75 bits per heavy atom. The number of hydrogen-bond donors (Lipinski definition) is 2. The lowest BCUT2D eigenvalue weighted by Gasteiger charge is -1.97. The second kappa shape index (κ2) is 2.98. The predicted octanol–water partition coefficient (Wildman–Crippen LogP) is 0.743. The van der Waals surface area contributed by atoms with Gasteiger partial charge >= 0.3 is 5.97 Å². The molecular weight excluding hydrogens is 156 g/mol. The fourth-order valence-corrected chi connectivity index (χ4v) is 1.05. The second-order valence-electron chi connectivity index (χ2n) is 2.86. The summed E-state index contributed by atoms with van der Waals surface area (Å²) < 4.78 is 1.56. The Morgan fingerprint density at radius 3 is 2.58 bits per heavy atom. The zero-order valence-corrected chi connectivity index (χ0v) is 7.11. The molecule has 0 unspecified atom stereocenters. The van der Waals surface area contributed by atoms with Crippen LogP contribution in [0.1, 0.15) is 29.0 Å². The molecule has 0 saturated heterocycles. The summed E-state index contributed by atoms with van der Waals surface area (Å²) in [7, 11) is 1.69. The molecular formula is C8H12N2O2. The molecule has 0 aliphatic rings. The van der Waals surface area contributed by atoms with Crippen LogP contribution in [-0.4, -0.2) is 15.6 Å². The van der Waals surface area contributed by atoms with Crippen LogP contribution in [0.5, 0.6) is 0 Å². The van der Waals surface area contributed by atoms with Gasteiger partial charge in [-0.1, -0.05) is 0 Å². The van der Waals surface area contributed by atoms with E-state index in [2.05, 4.69) is 0 Å². The number of carboxylic acid groups (broad SMARTS) is 1. The molecule has 1 aromatic heterocycles. The molecule has 12 heavy (non-hydrogen) atoms. The van der Waals surface area contributed by atoms with Gasteiger partial charge < -0.3 is 15.4 Å². The monoisotopic (exact) mass is 168 g/mol. The Balaban J connectivity index is 3.09. The molecule has 0 aromatic carbocycles. The summed E-state index contributed by atoms with van der Waals surface area (Å²) in [5.74, 6) is -0.926. The van der Waals surface area contributed by atoms with Gasteiger partial charge in [0.2, 0.25) is 0 Å². The fraction of sp³-hybridized carbons (Fsp3) is 0.375. The highest BCUT2D eigenvalue weighted by Gasteiger charge is 2.11. The molecule has 0 fully saturated rings. The van der Waals surface area contributed by atoms with E-state index in [0.29, 0.717) is 0 Å². The SMILES string of the molecule is C[C@H](N)c1cc(C(=O)O)n(C)c1. The molecule has 1 heterocycles. The summed E-state index contributed by atoms with van der Waals surface area (Å²) in [6.45, 7) is 1.82. The average Bonchev–Trinajstić information content (AvgIpc) is 2.30. The number of aromatic nitrogens is 1. The van der Waals surface area contributed by atoms with Crippen LogP contribution in [0, 0.1) is 0 Å². The molecule has 0 amide bonds. The Bertz CT molecular complexity index is 302. The highest BCUT2D eigenvalue weighted by Crippen LogP contribution is 2.13. The number of hydrogen-bond acceptors (Lipinski definition) is 2. The standard InChI is InChI=1S/C8H12N2O2/c1-5(9)6-3-7(8(11)12)10(2)4-6/h3-5H,9H2,1-2H3,(H,11,12)/t5-/m0/s1. The number of aromatic carboxylic acids is 1. The highest BCUT2D eigenvalue weighted by atomic mass is 16.4. The lowest BCUT2D eigenvalue weighted by Crippen LogP contribution is -2.03. The van der Waals surface area contributed by atoms with Crippen LogP contribution in [0.4, 0.5) is 0 Å². The predicted molar refractivity (Wildman–Crippen MR) is 45.0 cm³/mol. The third-order valence-electron chi connectivity index (χ3n) is 1.77. The van der Waals surface area contributed by atoms with Gasteiger partial charge in [-0.3, -0.25) is 0 Å². The van der Waals surface area contributed by atoms with Crippen molar-refractivity contribution in [1.82, 2.24) is 4.57 Å². The van der Waals surface area contributed by atoms with Crippen molar-refractivity contribution >= 4 is 5.97 Å². The van der Waals surface area contributed by atoms with E-state index in [1.54, 1.807) is 23.9 Å². The topological polar surface area (TPSA) is 68.2 Å². The largest absolute Gasteiger partial charge is 0.477 e. The third kappa shape index (κ3) is 1.48. The van der Waals surface area contributed by atoms with Crippen molar-refractivity contribution in [3.8, 4) is 0 Å². The van der Waals surface area contributed by atoms with Crippen LogP contribution in [-0.2, 0) is 7.05 Å². The van der Waals surface area contributed by atoms with E-state index in [-0.39, 0.29) is 11.7 Å². The summed E-state index contributed by atoms with van der Waals surface area (Å²) in [6.07, 6.45) is 1.73.